The fourth-order valence-corrected chi connectivity index (χ4v) is 3.71. The molecule has 1 aliphatic carbocycles. The van der Waals surface area contributed by atoms with Crippen LogP contribution in [0.2, 0.25) is 5.02 Å². The number of fused-ring (bicyclic) bond motifs is 1. The number of nitrogens with one attached hydrogen (secondary N) is 1. The summed E-state index contributed by atoms with van der Waals surface area (Å²) in [5.74, 6) is -1.77. The Kier molecular flexibility index (Phi) is 5.55. The van der Waals surface area contributed by atoms with Gasteiger partial charge in [-0.1, -0.05) is 23.7 Å². The minimum Gasteiger partial charge on any atom is -0.368 e. The molecule has 1 N–H and O–H groups in total. The van der Waals surface area contributed by atoms with E-state index in [4.69, 9.17) is 11.6 Å². The molecule has 1 heterocycles. The van der Waals surface area contributed by atoms with Crippen molar-refractivity contribution in [2.24, 2.45) is 0 Å². The van der Waals surface area contributed by atoms with E-state index in [1.54, 1.807) is 30.3 Å². The standard InChI is InChI=1S/C22H19ClFN3O3/c23-19-6-4-17(13-20(19)24)26-7-9-27(10-8-26)22(30)21(29)25-16-3-1-15-12-18(28)5-2-14(15)11-16/h1-6,11,13H,7-10,12H2,(H,25,29). The van der Waals surface area contributed by atoms with E-state index in [0.29, 0.717) is 44.0 Å². The first-order valence-corrected chi connectivity index (χ1v) is 9.92. The molecule has 0 spiro atoms. The highest BCUT2D eigenvalue weighted by Gasteiger charge is 2.26. The number of carbonyl (C=O) groups is 3. The zero-order valence-corrected chi connectivity index (χ0v) is 16.8. The van der Waals surface area contributed by atoms with Crippen LogP contribution in [0.4, 0.5) is 15.8 Å². The second kappa shape index (κ2) is 8.28. The number of piperazine rings is 1. The summed E-state index contributed by atoms with van der Waals surface area (Å²) in [7, 11) is 0. The smallest absolute Gasteiger partial charge is 0.313 e. The van der Waals surface area contributed by atoms with Gasteiger partial charge in [0.25, 0.3) is 0 Å². The lowest BCUT2D eigenvalue weighted by Crippen LogP contribution is -2.51. The first-order valence-electron chi connectivity index (χ1n) is 9.55. The Morgan fingerprint density at radius 2 is 1.77 bits per heavy atom. The van der Waals surface area contributed by atoms with Crippen molar-refractivity contribution in [1.82, 2.24) is 4.90 Å². The van der Waals surface area contributed by atoms with E-state index >= 15 is 0 Å². The second-order valence-electron chi connectivity index (χ2n) is 7.22. The van der Waals surface area contributed by atoms with Crippen LogP contribution in [0.25, 0.3) is 6.08 Å². The van der Waals surface area contributed by atoms with Crippen LogP contribution in [-0.2, 0) is 20.8 Å². The maximum atomic E-state index is 13.7. The van der Waals surface area contributed by atoms with Gasteiger partial charge in [0.2, 0.25) is 0 Å². The lowest BCUT2D eigenvalue weighted by atomic mass is 9.96. The molecule has 0 saturated carbocycles. The predicted molar refractivity (Wildman–Crippen MR) is 113 cm³/mol. The van der Waals surface area contributed by atoms with Crippen LogP contribution >= 0.6 is 11.6 Å². The van der Waals surface area contributed by atoms with Gasteiger partial charge in [-0.05, 0) is 47.5 Å². The van der Waals surface area contributed by atoms with Crippen molar-refractivity contribution in [2.75, 3.05) is 36.4 Å². The van der Waals surface area contributed by atoms with Gasteiger partial charge >= 0.3 is 11.8 Å². The normalized spacial score (nSPS) is 15.7. The summed E-state index contributed by atoms with van der Waals surface area (Å²) in [5.41, 5.74) is 2.93. The molecule has 8 heteroatoms. The Morgan fingerprint density at radius 3 is 2.50 bits per heavy atom. The molecule has 2 aromatic carbocycles. The highest BCUT2D eigenvalue weighted by atomic mass is 35.5. The maximum absolute atomic E-state index is 13.7. The van der Waals surface area contributed by atoms with Crippen molar-refractivity contribution in [3.05, 3.63) is 64.4 Å². The van der Waals surface area contributed by atoms with Crippen LogP contribution in [0.5, 0.6) is 0 Å². The monoisotopic (exact) mass is 427 g/mol. The molecular formula is C22H19ClFN3O3. The summed E-state index contributed by atoms with van der Waals surface area (Å²) < 4.78 is 13.7. The van der Waals surface area contributed by atoms with Gasteiger partial charge in [0.1, 0.15) is 5.82 Å². The van der Waals surface area contributed by atoms with E-state index in [1.165, 1.54) is 23.1 Å². The number of carbonyl (C=O) groups excluding carboxylic acids is 3. The highest BCUT2D eigenvalue weighted by molar-refractivity contribution is 6.39. The van der Waals surface area contributed by atoms with Crippen molar-refractivity contribution in [2.45, 2.75) is 6.42 Å². The van der Waals surface area contributed by atoms with Gasteiger partial charge in [0, 0.05) is 44.0 Å². The number of allylic oxidation sites excluding steroid dienone is 1. The number of nitrogens with zero attached hydrogens (tertiary/aromatic N) is 2. The fraction of sp³-hybridized carbons (Fsp3) is 0.227. The quantitative estimate of drug-likeness (QED) is 0.748. The van der Waals surface area contributed by atoms with Gasteiger partial charge in [-0.2, -0.15) is 0 Å². The van der Waals surface area contributed by atoms with E-state index in [0.717, 1.165) is 11.1 Å². The number of benzene rings is 2. The molecule has 1 aliphatic heterocycles. The Bertz CT molecular complexity index is 1060. The van der Waals surface area contributed by atoms with Gasteiger partial charge in [0.05, 0.1) is 5.02 Å². The second-order valence-corrected chi connectivity index (χ2v) is 7.63. The number of hydrogen-bond acceptors (Lipinski definition) is 4. The van der Waals surface area contributed by atoms with Crippen LogP contribution in [-0.4, -0.2) is 48.7 Å². The largest absolute Gasteiger partial charge is 0.368 e. The Labute approximate surface area is 177 Å². The molecule has 0 bridgehead atoms. The predicted octanol–water partition coefficient (Wildman–Crippen LogP) is 2.90. The lowest BCUT2D eigenvalue weighted by molar-refractivity contribution is -0.143. The summed E-state index contributed by atoms with van der Waals surface area (Å²) in [5, 5.41) is 2.69. The van der Waals surface area contributed by atoms with Crippen LogP contribution in [0.1, 0.15) is 11.1 Å². The van der Waals surface area contributed by atoms with Gasteiger partial charge in [0.15, 0.2) is 5.78 Å². The molecule has 0 aromatic heterocycles. The molecule has 154 valence electrons. The number of ketones is 1. The zero-order chi connectivity index (χ0) is 21.3. The Balaban J connectivity index is 1.35. The van der Waals surface area contributed by atoms with Crippen molar-refractivity contribution >= 4 is 46.6 Å². The van der Waals surface area contributed by atoms with Crippen molar-refractivity contribution < 1.29 is 18.8 Å². The molecule has 1 fully saturated rings. The SMILES string of the molecule is O=C1C=Cc2cc(NC(=O)C(=O)N3CCN(c4ccc(Cl)c(F)c4)CC3)ccc2C1. The molecule has 2 amide bonds. The van der Waals surface area contributed by atoms with E-state index in [1.807, 2.05) is 4.90 Å². The van der Waals surface area contributed by atoms with Crippen LogP contribution in [0.15, 0.2) is 42.5 Å². The molecule has 2 aromatic rings. The molecule has 4 rings (SSSR count). The first-order chi connectivity index (χ1) is 14.4. The van der Waals surface area contributed by atoms with Crippen LogP contribution in [0, 0.1) is 5.82 Å². The van der Waals surface area contributed by atoms with Crippen LogP contribution < -0.4 is 10.2 Å². The van der Waals surface area contributed by atoms with E-state index < -0.39 is 17.6 Å². The van der Waals surface area contributed by atoms with Gasteiger partial charge < -0.3 is 15.1 Å². The summed E-state index contributed by atoms with van der Waals surface area (Å²) >= 11 is 5.72. The lowest BCUT2D eigenvalue weighted by Gasteiger charge is -2.35. The fourth-order valence-electron chi connectivity index (χ4n) is 3.60. The molecule has 0 radical (unpaired) electrons. The highest BCUT2D eigenvalue weighted by Crippen LogP contribution is 2.24. The molecule has 0 unspecified atom stereocenters. The average Bonchev–Trinajstić information content (AvgIpc) is 2.75. The maximum Gasteiger partial charge on any atom is 0.313 e. The molecule has 1 saturated heterocycles. The topological polar surface area (TPSA) is 69.7 Å². The summed E-state index contributed by atoms with van der Waals surface area (Å²) in [6, 6.07) is 9.81. The minimum atomic E-state index is -0.711. The summed E-state index contributed by atoms with van der Waals surface area (Å²) in [6.45, 7) is 1.67. The average molecular weight is 428 g/mol. The minimum absolute atomic E-state index is 0.0370. The summed E-state index contributed by atoms with van der Waals surface area (Å²) in [4.78, 5) is 39.8. The van der Waals surface area contributed by atoms with Crippen molar-refractivity contribution in [3.63, 3.8) is 0 Å². The number of halogens is 2. The molecule has 0 atom stereocenters. The number of hydrogen-bond donors (Lipinski definition) is 1. The molecular weight excluding hydrogens is 409 g/mol. The van der Waals surface area contributed by atoms with Gasteiger partial charge in [-0.3, -0.25) is 14.4 Å². The van der Waals surface area contributed by atoms with E-state index in [9.17, 15) is 18.8 Å². The van der Waals surface area contributed by atoms with Crippen LogP contribution in [0.3, 0.4) is 0 Å². The van der Waals surface area contributed by atoms with Crippen molar-refractivity contribution in [3.8, 4) is 0 Å². The molecule has 2 aliphatic rings. The molecule has 30 heavy (non-hydrogen) atoms. The van der Waals surface area contributed by atoms with E-state index in [2.05, 4.69) is 5.32 Å². The Morgan fingerprint density at radius 1 is 1.00 bits per heavy atom. The molecule has 6 nitrogen and oxygen atoms in total. The third-order valence-electron chi connectivity index (χ3n) is 5.25. The number of amides is 2. The van der Waals surface area contributed by atoms with E-state index in [-0.39, 0.29) is 10.8 Å². The Hall–Kier alpha value is -3.19. The number of rotatable bonds is 2. The number of anilines is 2. The zero-order valence-electron chi connectivity index (χ0n) is 16.0. The van der Waals surface area contributed by atoms with Crippen molar-refractivity contribution in [1.29, 1.82) is 0 Å². The summed E-state index contributed by atoms with van der Waals surface area (Å²) in [6.07, 6.45) is 3.55. The third kappa shape index (κ3) is 4.21. The van der Waals surface area contributed by atoms with Gasteiger partial charge in [-0.15, -0.1) is 0 Å². The third-order valence-corrected chi connectivity index (χ3v) is 5.55. The first kappa shape index (κ1) is 20.1. The van der Waals surface area contributed by atoms with Gasteiger partial charge in [-0.25, -0.2) is 4.39 Å².